The smallest absolute Gasteiger partial charge is 0.338 e. The van der Waals surface area contributed by atoms with Crippen LogP contribution in [0.5, 0.6) is 0 Å². The number of pyridine rings is 2. The third-order valence-corrected chi connectivity index (χ3v) is 8.50. The van der Waals surface area contributed by atoms with Gasteiger partial charge >= 0.3 is 5.97 Å². The Morgan fingerprint density at radius 1 is 1.19 bits per heavy atom. The number of ether oxygens (including phenoxy) is 2. The van der Waals surface area contributed by atoms with Gasteiger partial charge in [-0.2, -0.15) is 10.5 Å². The summed E-state index contributed by atoms with van der Waals surface area (Å²) in [5, 5.41) is 23.2. The summed E-state index contributed by atoms with van der Waals surface area (Å²) in [6, 6.07) is 20.9. The standard InChI is InChI=1S/C31H22ClN5O3S2/c1-2-39-31(38)28-25(40-29(35)23(15-34)27(28)19-5-3-11-36-16-19)17-42-30-22(14-33)21(18-7-9-20(32)10-8-18)13-24(37-30)26-6-4-12-41-26/h3-13,16,27H,2,17,35H2,1H3/t27-/m1/s1. The summed E-state index contributed by atoms with van der Waals surface area (Å²) in [4.78, 5) is 23.3. The Hall–Kier alpha value is -4.61. The molecule has 0 fully saturated rings. The first kappa shape index (κ1) is 28.9. The Bertz CT molecular complexity index is 1770. The molecular weight excluding hydrogens is 590 g/mol. The number of benzene rings is 1. The van der Waals surface area contributed by atoms with Gasteiger partial charge in [0, 0.05) is 23.0 Å². The maximum absolute atomic E-state index is 13.3. The molecule has 0 saturated carbocycles. The molecule has 0 aliphatic carbocycles. The zero-order chi connectivity index (χ0) is 29.6. The number of carbonyl (C=O) groups excluding carboxylic acids is 1. The van der Waals surface area contributed by atoms with Crippen LogP contribution in [0.2, 0.25) is 5.02 Å². The average Bonchev–Trinajstić information content (AvgIpc) is 3.55. The van der Waals surface area contributed by atoms with Crippen LogP contribution in [0, 0.1) is 22.7 Å². The summed E-state index contributed by atoms with van der Waals surface area (Å²) in [6.45, 7) is 1.82. The SMILES string of the molecule is CCOC(=O)C1=C(CSc2nc(-c3cccs3)cc(-c3ccc(Cl)cc3)c2C#N)OC(N)=C(C#N)[C@H]1c1cccnc1. The minimum atomic E-state index is -0.836. The van der Waals surface area contributed by atoms with Crippen LogP contribution >= 0.6 is 34.7 Å². The molecule has 1 aliphatic rings. The molecule has 1 aromatic carbocycles. The first-order chi connectivity index (χ1) is 20.4. The molecule has 3 aromatic heterocycles. The van der Waals surface area contributed by atoms with E-state index in [0.29, 0.717) is 32.4 Å². The van der Waals surface area contributed by atoms with Crippen molar-refractivity contribution in [1.82, 2.24) is 9.97 Å². The van der Waals surface area contributed by atoms with Gasteiger partial charge in [-0.05, 0) is 53.8 Å². The van der Waals surface area contributed by atoms with E-state index in [1.54, 1.807) is 43.6 Å². The number of hydrogen-bond acceptors (Lipinski definition) is 10. The highest BCUT2D eigenvalue weighted by Crippen LogP contribution is 2.42. The molecule has 4 aromatic rings. The number of hydrogen-bond donors (Lipinski definition) is 1. The summed E-state index contributed by atoms with van der Waals surface area (Å²) >= 11 is 8.89. The Morgan fingerprint density at radius 3 is 2.64 bits per heavy atom. The van der Waals surface area contributed by atoms with Crippen LogP contribution in [0.4, 0.5) is 0 Å². The lowest BCUT2D eigenvalue weighted by Crippen LogP contribution is -2.27. The van der Waals surface area contributed by atoms with E-state index < -0.39 is 11.9 Å². The van der Waals surface area contributed by atoms with Crippen molar-refractivity contribution in [3.63, 3.8) is 0 Å². The average molecular weight is 612 g/mol. The number of esters is 1. The lowest BCUT2D eigenvalue weighted by Gasteiger charge is -2.28. The van der Waals surface area contributed by atoms with Gasteiger partial charge in [0.05, 0.1) is 40.0 Å². The minimum absolute atomic E-state index is 0.0833. The molecule has 0 radical (unpaired) electrons. The number of rotatable bonds is 8. The molecule has 1 aliphatic heterocycles. The van der Waals surface area contributed by atoms with Gasteiger partial charge in [0.25, 0.3) is 0 Å². The Labute approximate surface area is 255 Å². The topological polar surface area (TPSA) is 135 Å². The molecule has 208 valence electrons. The van der Waals surface area contributed by atoms with Crippen molar-refractivity contribution in [2.75, 3.05) is 12.4 Å². The van der Waals surface area contributed by atoms with Crippen LogP contribution in [0.15, 0.2) is 100 Å². The normalized spacial score (nSPS) is 14.6. The van der Waals surface area contributed by atoms with Gasteiger partial charge < -0.3 is 15.2 Å². The first-order valence-electron chi connectivity index (χ1n) is 12.7. The predicted molar refractivity (Wildman–Crippen MR) is 162 cm³/mol. The summed E-state index contributed by atoms with van der Waals surface area (Å²) < 4.78 is 11.3. The molecule has 0 amide bonds. The molecule has 4 heterocycles. The van der Waals surface area contributed by atoms with Crippen LogP contribution in [0.25, 0.3) is 21.7 Å². The van der Waals surface area contributed by atoms with Gasteiger partial charge in [0.15, 0.2) is 0 Å². The minimum Gasteiger partial charge on any atom is -0.463 e. The number of nitrogens with zero attached hydrogens (tertiary/aromatic N) is 4. The number of aromatic nitrogens is 2. The highest BCUT2D eigenvalue weighted by molar-refractivity contribution is 7.99. The molecule has 2 N–H and O–H groups in total. The number of carbonyl (C=O) groups is 1. The fraction of sp³-hybridized carbons (Fsp3) is 0.129. The van der Waals surface area contributed by atoms with Crippen molar-refractivity contribution in [3.8, 4) is 33.8 Å². The highest BCUT2D eigenvalue weighted by Gasteiger charge is 2.38. The van der Waals surface area contributed by atoms with E-state index in [1.165, 1.54) is 23.1 Å². The van der Waals surface area contributed by atoms with Crippen molar-refractivity contribution in [2.45, 2.75) is 17.9 Å². The number of thioether (sulfide) groups is 1. The molecule has 5 rings (SSSR count). The first-order valence-corrected chi connectivity index (χ1v) is 14.9. The van der Waals surface area contributed by atoms with Gasteiger partial charge in [0.1, 0.15) is 28.5 Å². The van der Waals surface area contributed by atoms with E-state index in [9.17, 15) is 15.3 Å². The van der Waals surface area contributed by atoms with Crippen LogP contribution in [0.3, 0.4) is 0 Å². The van der Waals surface area contributed by atoms with Gasteiger partial charge in [-0.1, -0.05) is 47.6 Å². The second kappa shape index (κ2) is 12.9. The summed E-state index contributed by atoms with van der Waals surface area (Å²) in [6.07, 6.45) is 3.17. The van der Waals surface area contributed by atoms with E-state index in [0.717, 1.165) is 10.4 Å². The molecule has 1 atom stereocenters. The van der Waals surface area contributed by atoms with Gasteiger partial charge in [-0.25, -0.2) is 9.78 Å². The van der Waals surface area contributed by atoms with Gasteiger partial charge in [-0.15, -0.1) is 11.3 Å². The highest BCUT2D eigenvalue weighted by atomic mass is 35.5. The molecule has 42 heavy (non-hydrogen) atoms. The quantitative estimate of drug-likeness (QED) is 0.168. The van der Waals surface area contributed by atoms with Crippen LogP contribution in [-0.4, -0.2) is 28.3 Å². The molecule has 0 unspecified atom stereocenters. The number of allylic oxidation sites excluding steroid dienone is 1. The third kappa shape index (κ3) is 5.88. The van der Waals surface area contributed by atoms with Crippen molar-refractivity contribution in [2.24, 2.45) is 5.73 Å². The molecular formula is C31H22ClN5O3S2. The second-order valence-electron chi connectivity index (χ2n) is 8.89. The number of halogens is 1. The van der Waals surface area contributed by atoms with Crippen molar-refractivity contribution < 1.29 is 14.3 Å². The third-order valence-electron chi connectivity index (χ3n) is 6.38. The van der Waals surface area contributed by atoms with Gasteiger partial charge in [-0.3, -0.25) is 4.98 Å². The van der Waals surface area contributed by atoms with E-state index in [2.05, 4.69) is 17.1 Å². The molecule has 0 bridgehead atoms. The molecule has 8 nitrogen and oxygen atoms in total. The molecule has 0 spiro atoms. The molecule has 11 heteroatoms. The van der Waals surface area contributed by atoms with Gasteiger partial charge in [0.2, 0.25) is 5.88 Å². The van der Waals surface area contributed by atoms with Crippen molar-refractivity contribution in [3.05, 3.63) is 111 Å². The maximum Gasteiger partial charge on any atom is 0.338 e. The van der Waals surface area contributed by atoms with E-state index in [4.69, 9.17) is 31.8 Å². The van der Waals surface area contributed by atoms with E-state index >= 15 is 0 Å². The van der Waals surface area contributed by atoms with Crippen LogP contribution < -0.4 is 5.73 Å². The Balaban J connectivity index is 1.62. The second-order valence-corrected chi connectivity index (χ2v) is 11.2. The summed E-state index contributed by atoms with van der Waals surface area (Å²) in [5.74, 6) is -1.29. The number of nitriles is 2. The van der Waals surface area contributed by atoms with E-state index in [-0.39, 0.29) is 35.1 Å². The number of thiophene rings is 1. The fourth-order valence-corrected chi connectivity index (χ4v) is 6.27. The largest absolute Gasteiger partial charge is 0.463 e. The lowest BCUT2D eigenvalue weighted by atomic mass is 9.84. The van der Waals surface area contributed by atoms with E-state index in [1.807, 2.05) is 35.7 Å². The zero-order valence-electron chi connectivity index (χ0n) is 22.2. The van der Waals surface area contributed by atoms with Crippen molar-refractivity contribution in [1.29, 1.82) is 10.5 Å². The predicted octanol–water partition coefficient (Wildman–Crippen LogP) is 6.81. The summed E-state index contributed by atoms with van der Waals surface area (Å²) in [7, 11) is 0. The van der Waals surface area contributed by atoms with Crippen molar-refractivity contribution >= 4 is 40.7 Å². The maximum atomic E-state index is 13.3. The Kier molecular flexibility index (Phi) is 8.89. The Morgan fingerprint density at radius 2 is 2.00 bits per heavy atom. The van der Waals surface area contributed by atoms with Crippen LogP contribution in [0.1, 0.15) is 24.0 Å². The fourth-order valence-electron chi connectivity index (χ4n) is 4.51. The monoisotopic (exact) mass is 611 g/mol. The zero-order valence-corrected chi connectivity index (χ0v) is 24.6. The van der Waals surface area contributed by atoms with Crippen LogP contribution in [-0.2, 0) is 14.3 Å². The summed E-state index contributed by atoms with van der Waals surface area (Å²) in [5.41, 5.74) is 9.59. The molecule has 0 saturated heterocycles. The lowest BCUT2D eigenvalue weighted by molar-refractivity contribution is -0.139. The number of nitrogens with two attached hydrogens (primary N) is 1.